The van der Waals surface area contributed by atoms with Gasteiger partial charge < -0.3 is 15.4 Å². The van der Waals surface area contributed by atoms with E-state index in [0.29, 0.717) is 16.8 Å². The van der Waals surface area contributed by atoms with Crippen molar-refractivity contribution < 1.29 is 9.53 Å². The maximum absolute atomic E-state index is 11.3. The van der Waals surface area contributed by atoms with E-state index in [0.717, 1.165) is 25.7 Å². The van der Waals surface area contributed by atoms with Crippen molar-refractivity contribution in [2.24, 2.45) is 5.73 Å². The molecule has 110 valence electrons. The molecule has 0 radical (unpaired) electrons. The summed E-state index contributed by atoms with van der Waals surface area (Å²) in [4.78, 5) is 21.8. The van der Waals surface area contributed by atoms with Gasteiger partial charge >= 0.3 is 0 Å². The summed E-state index contributed by atoms with van der Waals surface area (Å²) in [6, 6.07) is 1.95. The summed E-state index contributed by atoms with van der Waals surface area (Å²) >= 11 is 6.02. The lowest BCUT2D eigenvalue weighted by Gasteiger charge is -2.29. The Labute approximate surface area is 123 Å². The van der Waals surface area contributed by atoms with Crippen molar-refractivity contribution in [2.75, 3.05) is 18.6 Å². The molecule has 0 bridgehead atoms. The Morgan fingerprint density at radius 3 is 2.80 bits per heavy atom. The van der Waals surface area contributed by atoms with E-state index in [4.69, 9.17) is 22.1 Å². The summed E-state index contributed by atoms with van der Waals surface area (Å²) in [6.07, 6.45) is 4.39. The van der Waals surface area contributed by atoms with Crippen LogP contribution in [0.25, 0.3) is 0 Å². The maximum Gasteiger partial charge on any atom is 0.237 e. The Hall–Kier alpha value is -1.40. The zero-order chi connectivity index (χ0) is 14.5. The molecule has 0 aliphatic heterocycles. The predicted octanol–water partition coefficient (Wildman–Crippen LogP) is 1.51. The number of nitrogens with zero attached hydrogens (tertiary/aromatic N) is 3. The van der Waals surface area contributed by atoms with E-state index in [1.54, 1.807) is 13.2 Å². The molecule has 7 heteroatoms. The summed E-state index contributed by atoms with van der Waals surface area (Å²) in [6.45, 7) is 0.424. The van der Waals surface area contributed by atoms with Crippen LogP contribution in [0, 0.1) is 0 Å². The minimum atomic E-state index is -0.375. The standard InChI is InChI=1S/C13H19ClN4O2/c1-20-8-12-16-10(14)6-13(17-12)18(7-11(15)19)9-4-2-3-5-9/h6,9H,2-5,7-8H2,1H3,(H2,15,19). The van der Waals surface area contributed by atoms with Gasteiger partial charge in [-0.2, -0.15) is 0 Å². The van der Waals surface area contributed by atoms with Crippen molar-refractivity contribution in [3.05, 3.63) is 17.0 Å². The van der Waals surface area contributed by atoms with Gasteiger partial charge in [-0.25, -0.2) is 9.97 Å². The Kier molecular flexibility index (Phi) is 5.14. The summed E-state index contributed by atoms with van der Waals surface area (Å²) in [5.74, 6) is 0.769. The summed E-state index contributed by atoms with van der Waals surface area (Å²) in [5, 5.41) is 0.342. The summed E-state index contributed by atoms with van der Waals surface area (Å²) < 4.78 is 5.03. The number of hydrogen-bond acceptors (Lipinski definition) is 5. The monoisotopic (exact) mass is 298 g/mol. The SMILES string of the molecule is COCc1nc(Cl)cc(N(CC(N)=O)C2CCCC2)n1. The van der Waals surface area contributed by atoms with Crippen LogP contribution in [0.4, 0.5) is 5.82 Å². The summed E-state index contributed by atoms with van der Waals surface area (Å²) in [5.41, 5.74) is 5.35. The molecule has 2 rings (SSSR count). The number of halogens is 1. The molecule has 1 saturated carbocycles. The van der Waals surface area contributed by atoms with Gasteiger partial charge in [-0.1, -0.05) is 24.4 Å². The van der Waals surface area contributed by atoms with E-state index >= 15 is 0 Å². The zero-order valence-electron chi connectivity index (χ0n) is 11.5. The number of carbonyl (C=O) groups is 1. The highest BCUT2D eigenvalue weighted by Crippen LogP contribution is 2.28. The van der Waals surface area contributed by atoms with Gasteiger partial charge in [0, 0.05) is 19.2 Å². The number of carbonyl (C=O) groups excluding carboxylic acids is 1. The fourth-order valence-corrected chi connectivity index (χ4v) is 2.77. The van der Waals surface area contributed by atoms with Crippen LogP contribution < -0.4 is 10.6 Å². The third-order valence-corrected chi connectivity index (χ3v) is 3.58. The topological polar surface area (TPSA) is 81.3 Å². The molecule has 1 aliphatic rings. The van der Waals surface area contributed by atoms with E-state index in [-0.39, 0.29) is 25.1 Å². The lowest BCUT2D eigenvalue weighted by atomic mass is 10.2. The lowest BCUT2D eigenvalue weighted by Crippen LogP contribution is -2.40. The average Bonchev–Trinajstić information content (AvgIpc) is 2.89. The average molecular weight is 299 g/mol. The molecule has 20 heavy (non-hydrogen) atoms. The van der Waals surface area contributed by atoms with Crippen LogP contribution >= 0.6 is 11.6 Å². The normalized spacial score (nSPS) is 15.5. The maximum atomic E-state index is 11.3. The first kappa shape index (κ1) is 15.0. The smallest absolute Gasteiger partial charge is 0.237 e. The fraction of sp³-hybridized carbons (Fsp3) is 0.615. The van der Waals surface area contributed by atoms with Gasteiger partial charge in [-0.3, -0.25) is 4.79 Å². The Morgan fingerprint density at radius 1 is 1.50 bits per heavy atom. The molecular weight excluding hydrogens is 280 g/mol. The molecule has 0 atom stereocenters. The Balaban J connectivity index is 2.28. The van der Waals surface area contributed by atoms with Crippen LogP contribution in [0.5, 0.6) is 0 Å². The minimum absolute atomic E-state index is 0.143. The second-order valence-electron chi connectivity index (χ2n) is 4.93. The highest BCUT2D eigenvalue weighted by molar-refractivity contribution is 6.29. The van der Waals surface area contributed by atoms with Gasteiger partial charge in [0.05, 0.1) is 6.54 Å². The van der Waals surface area contributed by atoms with Crippen LogP contribution in [0.1, 0.15) is 31.5 Å². The number of anilines is 1. The number of primary amides is 1. The third kappa shape index (κ3) is 3.80. The van der Waals surface area contributed by atoms with E-state index in [9.17, 15) is 4.79 Å². The van der Waals surface area contributed by atoms with Crippen molar-refractivity contribution in [1.29, 1.82) is 0 Å². The lowest BCUT2D eigenvalue weighted by molar-refractivity contribution is -0.116. The Morgan fingerprint density at radius 2 is 2.20 bits per heavy atom. The predicted molar refractivity (Wildman–Crippen MR) is 76.6 cm³/mol. The van der Waals surface area contributed by atoms with Crippen molar-refractivity contribution >= 4 is 23.3 Å². The molecule has 0 unspecified atom stereocenters. The number of ether oxygens (including phenoxy) is 1. The largest absolute Gasteiger partial charge is 0.377 e. The molecule has 6 nitrogen and oxygen atoms in total. The van der Waals surface area contributed by atoms with Crippen molar-refractivity contribution in [3.8, 4) is 0 Å². The number of methoxy groups -OCH3 is 1. The van der Waals surface area contributed by atoms with Crippen LogP contribution in [-0.4, -0.2) is 35.6 Å². The highest BCUT2D eigenvalue weighted by Gasteiger charge is 2.25. The third-order valence-electron chi connectivity index (χ3n) is 3.39. The molecule has 2 N–H and O–H groups in total. The van der Waals surface area contributed by atoms with Gasteiger partial charge in [0.2, 0.25) is 5.91 Å². The van der Waals surface area contributed by atoms with E-state index in [2.05, 4.69) is 9.97 Å². The molecule has 1 heterocycles. The van der Waals surface area contributed by atoms with Crippen LogP contribution in [-0.2, 0) is 16.1 Å². The van der Waals surface area contributed by atoms with Crippen molar-refractivity contribution in [2.45, 2.75) is 38.3 Å². The van der Waals surface area contributed by atoms with Gasteiger partial charge in [-0.05, 0) is 12.8 Å². The van der Waals surface area contributed by atoms with Gasteiger partial charge in [-0.15, -0.1) is 0 Å². The quantitative estimate of drug-likeness (QED) is 0.805. The number of rotatable bonds is 6. The molecule has 1 aromatic rings. The molecular formula is C13H19ClN4O2. The zero-order valence-corrected chi connectivity index (χ0v) is 12.3. The number of nitrogens with two attached hydrogens (primary N) is 1. The summed E-state index contributed by atoms with van der Waals surface area (Å²) in [7, 11) is 1.57. The van der Waals surface area contributed by atoms with Gasteiger partial charge in [0.25, 0.3) is 0 Å². The van der Waals surface area contributed by atoms with Crippen LogP contribution in [0.15, 0.2) is 6.07 Å². The molecule has 1 aliphatic carbocycles. The second-order valence-corrected chi connectivity index (χ2v) is 5.32. The second kappa shape index (κ2) is 6.85. The van der Waals surface area contributed by atoms with E-state index < -0.39 is 0 Å². The molecule has 1 fully saturated rings. The highest BCUT2D eigenvalue weighted by atomic mass is 35.5. The van der Waals surface area contributed by atoms with E-state index in [1.807, 2.05) is 4.90 Å². The van der Waals surface area contributed by atoms with Crippen molar-refractivity contribution in [1.82, 2.24) is 9.97 Å². The molecule has 1 aromatic heterocycles. The minimum Gasteiger partial charge on any atom is -0.377 e. The molecule has 0 aromatic carbocycles. The number of amides is 1. The molecule has 0 spiro atoms. The van der Waals surface area contributed by atoms with E-state index in [1.165, 1.54) is 0 Å². The molecule has 1 amide bonds. The van der Waals surface area contributed by atoms with Crippen LogP contribution in [0.3, 0.4) is 0 Å². The number of aromatic nitrogens is 2. The Bertz CT molecular complexity index is 477. The van der Waals surface area contributed by atoms with Gasteiger partial charge in [0.1, 0.15) is 17.6 Å². The van der Waals surface area contributed by atoms with Crippen LogP contribution in [0.2, 0.25) is 5.15 Å². The first-order valence-electron chi connectivity index (χ1n) is 6.67. The van der Waals surface area contributed by atoms with Crippen molar-refractivity contribution in [3.63, 3.8) is 0 Å². The fourth-order valence-electron chi connectivity index (χ4n) is 2.57. The van der Waals surface area contributed by atoms with Gasteiger partial charge in [0.15, 0.2) is 5.82 Å². The molecule has 0 saturated heterocycles. The first-order valence-corrected chi connectivity index (χ1v) is 7.05. The first-order chi connectivity index (χ1) is 9.60. The number of hydrogen-bond donors (Lipinski definition) is 1.